The molecule has 0 bridgehead atoms. The fraction of sp³-hybridized carbons (Fsp3) is 0.100. The van der Waals surface area contributed by atoms with Crippen molar-refractivity contribution >= 4 is 5.97 Å². The quantitative estimate of drug-likeness (QED) is 0.714. The van der Waals surface area contributed by atoms with Gasteiger partial charge in [-0.15, -0.1) is 0 Å². The summed E-state index contributed by atoms with van der Waals surface area (Å²) in [5, 5.41) is 11.1. The molecule has 0 aliphatic heterocycles. The summed E-state index contributed by atoms with van der Waals surface area (Å²) in [7, 11) is 0. The average Bonchev–Trinajstić information content (AvgIpc) is 2.61. The highest BCUT2D eigenvalue weighted by molar-refractivity contribution is 5.82. The molecule has 0 aliphatic rings. The number of H-pyrrole nitrogens is 1. The maximum atomic E-state index is 11.1. The lowest BCUT2D eigenvalue weighted by Crippen LogP contribution is -2.43. The molecule has 2 aromatic rings. The second-order valence-corrected chi connectivity index (χ2v) is 3.21. The summed E-state index contributed by atoms with van der Waals surface area (Å²) in [6.45, 7) is 0.244. The molecule has 6 nitrogen and oxygen atoms in total. The van der Waals surface area contributed by atoms with Gasteiger partial charge in [0.1, 0.15) is 0 Å². The highest BCUT2D eigenvalue weighted by atomic mass is 16.5. The number of carbonyl (C=O) groups is 1. The topological polar surface area (TPSA) is 87.2 Å². The molecule has 0 saturated carbocycles. The van der Waals surface area contributed by atoms with E-state index in [9.17, 15) is 9.59 Å². The molecule has 0 saturated heterocycles. The van der Waals surface area contributed by atoms with Gasteiger partial charge in [-0.2, -0.15) is 0 Å². The number of hydrogen-bond acceptors (Lipinski definition) is 3. The number of carboxylic acids is 1. The van der Waals surface area contributed by atoms with Crippen LogP contribution in [0.15, 0.2) is 39.6 Å². The molecular weight excluding hydrogens is 212 g/mol. The minimum atomic E-state index is -1.31. The molecule has 2 rings (SSSR count). The predicted molar refractivity (Wildman–Crippen MR) is 52.0 cm³/mol. The highest BCUT2D eigenvalue weighted by Gasteiger charge is 2.28. The van der Waals surface area contributed by atoms with E-state index in [-0.39, 0.29) is 6.54 Å². The third kappa shape index (κ3) is 1.85. The molecule has 2 N–H and O–H groups in total. The Morgan fingerprint density at radius 3 is 2.69 bits per heavy atom. The summed E-state index contributed by atoms with van der Waals surface area (Å²) < 4.78 is 5.58. The van der Waals surface area contributed by atoms with Crippen molar-refractivity contribution in [3.05, 3.63) is 52.0 Å². The Kier molecular flexibility index (Phi) is 2.55. The van der Waals surface area contributed by atoms with Gasteiger partial charge in [0, 0.05) is 5.56 Å². The number of aromatic nitrogens is 2. The van der Waals surface area contributed by atoms with Crippen LogP contribution in [0.3, 0.4) is 0 Å². The van der Waals surface area contributed by atoms with Crippen LogP contribution in [-0.4, -0.2) is 16.3 Å². The third-order valence-electron chi connectivity index (χ3n) is 2.10. The van der Waals surface area contributed by atoms with E-state index in [0.29, 0.717) is 0 Å². The van der Waals surface area contributed by atoms with Crippen molar-refractivity contribution in [2.24, 2.45) is 0 Å². The average molecular weight is 221 g/mol. The van der Waals surface area contributed by atoms with Crippen molar-refractivity contribution in [3.8, 4) is 0 Å². The standard InChI is InChI=1S/C10H8N2O4/c13-9(14)8-10(15)16-11-12(8)6-7-4-2-1-3-5-7/h1-5H,6H2,(H-,11,13,14,15)/p+1. The van der Waals surface area contributed by atoms with Gasteiger partial charge in [0.2, 0.25) is 6.54 Å². The molecule has 0 spiro atoms. The van der Waals surface area contributed by atoms with Crippen LogP contribution in [0.5, 0.6) is 0 Å². The summed E-state index contributed by atoms with van der Waals surface area (Å²) >= 11 is 0. The van der Waals surface area contributed by atoms with Crippen LogP contribution >= 0.6 is 0 Å². The molecule has 0 radical (unpaired) electrons. The van der Waals surface area contributed by atoms with Crippen molar-refractivity contribution in [2.75, 3.05) is 0 Å². The van der Waals surface area contributed by atoms with E-state index >= 15 is 0 Å². The maximum absolute atomic E-state index is 11.1. The van der Waals surface area contributed by atoms with Gasteiger partial charge in [-0.25, -0.2) is 9.59 Å². The molecular formula is C10H9N2O4+. The van der Waals surface area contributed by atoms with E-state index < -0.39 is 17.3 Å². The number of rotatable bonds is 3. The van der Waals surface area contributed by atoms with Crippen molar-refractivity contribution in [2.45, 2.75) is 6.54 Å². The summed E-state index contributed by atoms with van der Waals surface area (Å²) in [5.41, 5.74) is -0.431. The van der Waals surface area contributed by atoms with Crippen molar-refractivity contribution < 1.29 is 19.1 Å². The van der Waals surface area contributed by atoms with Gasteiger partial charge in [-0.3, -0.25) is 4.52 Å². The predicted octanol–water partition coefficient (Wildman–Crippen LogP) is 0.00190. The van der Waals surface area contributed by atoms with Crippen molar-refractivity contribution in [3.63, 3.8) is 0 Å². The summed E-state index contributed by atoms with van der Waals surface area (Å²) in [6.07, 6.45) is 0. The minimum absolute atomic E-state index is 0.244. The minimum Gasteiger partial charge on any atom is -0.473 e. The van der Waals surface area contributed by atoms with E-state index in [1.165, 1.54) is 0 Å². The van der Waals surface area contributed by atoms with Crippen molar-refractivity contribution in [1.82, 2.24) is 5.27 Å². The number of benzene rings is 1. The van der Waals surface area contributed by atoms with Gasteiger partial charge in [0.15, 0.2) is 0 Å². The fourth-order valence-electron chi connectivity index (χ4n) is 1.38. The molecule has 6 heteroatoms. The van der Waals surface area contributed by atoms with Crippen LogP contribution in [0.1, 0.15) is 16.1 Å². The zero-order valence-electron chi connectivity index (χ0n) is 8.21. The highest BCUT2D eigenvalue weighted by Crippen LogP contribution is 1.97. The van der Waals surface area contributed by atoms with E-state index in [2.05, 4.69) is 9.79 Å². The van der Waals surface area contributed by atoms with Gasteiger partial charge in [0.25, 0.3) is 0 Å². The third-order valence-corrected chi connectivity index (χ3v) is 2.10. The van der Waals surface area contributed by atoms with E-state index in [1.807, 2.05) is 30.3 Å². The van der Waals surface area contributed by atoms with Gasteiger partial charge < -0.3 is 5.11 Å². The number of aromatic carboxylic acids is 1. The summed E-state index contributed by atoms with van der Waals surface area (Å²) in [4.78, 5) is 21.9. The van der Waals surface area contributed by atoms with Crippen LogP contribution < -0.4 is 10.3 Å². The maximum Gasteiger partial charge on any atom is 0.442 e. The Bertz CT molecular complexity index is 556. The number of aromatic amines is 1. The summed E-state index contributed by atoms with van der Waals surface area (Å²) in [6, 6.07) is 9.15. The molecule has 1 heterocycles. The molecule has 1 aromatic carbocycles. The van der Waals surface area contributed by atoms with Crippen LogP contribution in [0.2, 0.25) is 0 Å². The molecule has 0 unspecified atom stereocenters. The van der Waals surface area contributed by atoms with Crippen LogP contribution in [0.25, 0.3) is 0 Å². The smallest absolute Gasteiger partial charge is 0.442 e. The molecule has 0 amide bonds. The Hall–Kier alpha value is -2.37. The largest absolute Gasteiger partial charge is 0.473 e. The molecule has 82 valence electrons. The lowest BCUT2D eigenvalue weighted by atomic mass is 10.2. The zero-order chi connectivity index (χ0) is 11.5. The zero-order valence-corrected chi connectivity index (χ0v) is 8.21. The number of carboxylic acid groups (broad SMARTS) is 1. The second kappa shape index (κ2) is 4.01. The summed E-state index contributed by atoms with van der Waals surface area (Å²) in [5.74, 6) is -1.31. The number of hydrogen-bond donors (Lipinski definition) is 2. The molecule has 0 fully saturated rings. The fourth-order valence-corrected chi connectivity index (χ4v) is 1.38. The molecule has 16 heavy (non-hydrogen) atoms. The first-order chi connectivity index (χ1) is 7.68. The van der Waals surface area contributed by atoms with Crippen LogP contribution in [0, 0.1) is 0 Å². The monoisotopic (exact) mass is 221 g/mol. The lowest BCUT2D eigenvalue weighted by molar-refractivity contribution is -0.756. The first-order valence-electron chi connectivity index (χ1n) is 4.57. The van der Waals surface area contributed by atoms with E-state index in [1.54, 1.807) is 0 Å². The Morgan fingerprint density at radius 1 is 1.38 bits per heavy atom. The first kappa shape index (κ1) is 10.2. The van der Waals surface area contributed by atoms with Gasteiger partial charge >= 0.3 is 17.3 Å². The first-order valence-corrected chi connectivity index (χ1v) is 4.57. The molecule has 0 atom stereocenters. The SMILES string of the molecule is O=C(O)c1c(=O)o[nH][n+]1Cc1ccccc1. The van der Waals surface area contributed by atoms with Crippen LogP contribution in [0.4, 0.5) is 0 Å². The van der Waals surface area contributed by atoms with Gasteiger partial charge in [0.05, 0.1) is 0 Å². The van der Waals surface area contributed by atoms with Gasteiger partial charge in [-0.05, 0) is 5.27 Å². The lowest BCUT2D eigenvalue weighted by Gasteiger charge is -1.92. The van der Waals surface area contributed by atoms with Gasteiger partial charge in [-0.1, -0.05) is 35.0 Å². The Labute approximate surface area is 89.7 Å². The molecule has 1 aromatic heterocycles. The molecule has 0 aliphatic carbocycles. The number of nitrogens with one attached hydrogen (secondary N) is 1. The second-order valence-electron chi connectivity index (χ2n) is 3.21. The number of nitrogens with zero attached hydrogens (tertiary/aromatic N) is 1. The Morgan fingerprint density at radius 2 is 2.06 bits per heavy atom. The normalized spacial score (nSPS) is 10.2. The van der Waals surface area contributed by atoms with E-state index in [0.717, 1.165) is 10.2 Å². The Balaban J connectivity index is 2.36. The van der Waals surface area contributed by atoms with Crippen LogP contribution in [-0.2, 0) is 6.54 Å². The van der Waals surface area contributed by atoms with Crippen molar-refractivity contribution in [1.29, 1.82) is 0 Å². The van der Waals surface area contributed by atoms with E-state index in [4.69, 9.17) is 5.11 Å².